The van der Waals surface area contributed by atoms with Gasteiger partial charge < -0.3 is 10.5 Å². The minimum absolute atomic E-state index is 0.0681. The largest absolute Gasteiger partial charge is 0.495 e. The zero-order valence-electron chi connectivity index (χ0n) is 7.51. The number of carbonyl (C=O) groups is 1. The van der Waals surface area contributed by atoms with Crippen LogP contribution in [0.25, 0.3) is 0 Å². The lowest BCUT2D eigenvalue weighted by Crippen LogP contribution is -2.15. The summed E-state index contributed by atoms with van der Waals surface area (Å²) in [4.78, 5) is 10.6. The van der Waals surface area contributed by atoms with Crippen LogP contribution in [0.5, 0.6) is 5.75 Å². The zero-order chi connectivity index (χ0) is 10.7. The van der Waals surface area contributed by atoms with Gasteiger partial charge in [0, 0.05) is 5.56 Å². The highest BCUT2D eigenvalue weighted by Gasteiger charge is 2.14. The minimum Gasteiger partial charge on any atom is -0.495 e. The van der Waals surface area contributed by atoms with Gasteiger partial charge >= 0.3 is 0 Å². The van der Waals surface area contributed by atoms with Crippen LogP contribution in [0, 0.1) is 5.82 Å². The van der Waals surface area contributed by atoms with E-state index in [1.165, 1.54) is 19.2 Å². The van der Waals surface area contributed by atoms with Crippen molar-refractivity contribution in [2.24, 2.45) is 5.73 Å². The van der Waals surface area contributed by atoms with Gasteiger partial charge in [0.05, 0.1) is 18.6 Å². The first kappa shape index (κ1) is 10.8. The summed E-state index contributed by atoms with van der Waals surface area (Å²) in [6.07, 6.45) is -0.234. The number of ether oxygens (including phenoxy) is 1. The van der Waals surface area contributed by atoms with Crippen molar-refractivity contribution in [1.82, 2.24) is 0 Å². The topological polar surface area (TPSA) is 52.3 Å². The third kappa shape index (κ3) is 2.14. The molecule has 0 aromatic heterocycles. The van der Waals surface area contributed by atoms with Crippen LogP contribution in [-0.2, 0) is 11.2 Å². The first-order valence-electron chi connectivity index (χ1n) is 3.85. The molecule has 14 heavy (non-hydrogen) atoms. The number of rotatable bonds is 3. The Balaban J connectivity index is 3.18. The first-order chi connectivity index (χ1) is 6.56. The highest BCUT2D eigenvalue weighted by molar-refractivity contribution is 6.33. The summed E-state index contributed by atoms with van der Waals surface area (Å²) in [5.74, 6) is -0.877. The van der Waals surface area contributed by atoms with Crippen molar-refractivity contribution in [3.05, 3.63) is 28.5 Å². The molecule has 0 unspecified atom stereocenters. The molecule has 0 bridgehead atoms. The van der Waals surface area contributed by atoms with Gasteiger partial charge in [-0.1, -0.05) is 11.6 Å². The normalized spacial score (nSPS) is 9.93. The van der Waals surface area contributed by atoms with Crippen molar-refractivity contribution in [3.63, 3.8) is 0 Å². The molecule has 1 rings (SSSR count). The maximum Gasteiger partial charge on any atom is 0.222 e. The van der Waals surface area contributed by atoms with Gasteiger partial charge in [-0.15, -0.1) is 0 Å². The standard InChI is InChI=1S/C9H9ClFNO2/c1-14-7-3-2-6(11)5(9(7)10)4-8(12)13/h2-3H,4H2,1H3,(H2,12,13). The molecule has 0 fully saturated rings. The SMILES string of the molecule is COc1ccc(F)c(CC(N)=O)c1Cl. The van der Waals surface area contributed by atoms with Gasteiger partial charge in [-0.05, 0) is 12.1 Å². The van der Waals surface area contributed by atoms with Gasteiger partial charge in [-0.25, -0.2) is 4.39 Å². The fourth-order valence-electron chi connectivity index (χ4n) is 1.07. The highest BCUT2D eigenvalue weighted by Crippen LogP contribution is 2.30. The van der Waals surface area contributed by atoms with E-state index in [1.807, 2.05) is 0 Å². The summed E-state index contributed by atoms with van der Waals surface area (Å²) >= 11 is 5.79. The number of hydrogen-bond acceptors (Lipinski definition) is 2. The summed E-state index contributed by atoms with van der Waals surface area (Å²) in [5, 5.41) is 0.0892. The maximum atomic E-state index is 13.2. The molecular formula is C9H9ClFNO2. The summed E-state index contributed by atoms with van der Waals surface area (Å²) in [5.41, 5.74) is 5.02. The molecule has 0 saturated heterocycles. The Morgan fingerprint density at radius 1 is 1.64 bits per heavy atom. The summed E-state index contributed by atoms with van der Waals surface area (Å²) < 4.78 is 18.1. The van der Waals surface area contributed by atoms with E-state index >= 15 is 0 Å². The molecule has 0 atom stereocenters. The predicted molar refractivity (Wildman–Crippen MR) is 50.9 cm³/mol. The molecule has 1 aromatic rings. The number of benzene rings is 1. The van der Waals surface area contributed by atoms with Crippen LogP contribution in [-0.4, -0.2) is 13.0 Å². The van der Waals surface area contributed by atoms with Gasteiger partial charge in [-0.3, -0.25) is 4.79 Å². The second kappa shape index (κ2) is 4.28. The van der Waals surface area contributed by atoms with E-state index in [0.29, 0.717) is 5.75 Å². The summed E-state index contributed by atoms with van der Waals surface area (Å²) in [6.45, 7) is 0. The Morgan fingerprint density at radius 2 is 2.29 bits per heavy atom. The number of primary amides is 1. The highest BCUT2D eigenvalue weighted by atomic mass is 35.5. The molecule has 0 radical (unpaired) electrons. The van der Waals surface area contributed by atoms with Crippen molar-refractivity contribution in [1.29, 1.82) is 0 Å². The number of nitrogens with two attached hydrogens (primary N) is 1. The van der Waals surface area contributed by atoms with Gasteiger partial charge in [-0.2, -0.15) is 0 Å². The molecule has 76 valence electrons. The molecule has 3 nitrogen and oxygen atoms in total. The molecule has 0 saturated carbocycles. The zero-order valence-corrected chi connectivity index (χ0v) is 8.27. The van der Waals surface area contributed by atoms with Crippen LogP contribution >= 0.6 is 11.6 Å². The Kier molecular flexibility index (Phi) is 3.30. The van der Waals surface area contributed by atoms with Crippen molar-refractivity contribution in [2.75, 3.05) is 7.11 Å². The van der Waals surface area contributed by atoms with Crippen molar-refractivity contribution < 1.29 is 13.9 Å². The number of carbonyl (C=O) groups excluding carboxylic acids is 1. The first-order valence-corrected chi connectivity index (χ1v) is 4.23. The lowest BCUT2D eigenvalue weighted by Gasteiger charge is -2.08. The average molecular weight is 218 g/mol. The Hall–Kier alpha value is -1.29. The van der Waals surface area contributed by atoms with E-state index in [-0.39, 0.29) is 17.0 Å². The summed E-state index contributed by atoms with van der Waals surface area (Å²) in [7, 11) is 1.41. The third-order valence-electron chi connectivity index (χ3n) is 1.72. The smallest absolute Gasteiger partial charge is 0.222 e. The van der Waals surface area contributed by atoms with Gasteiger partial charge in [0.15, 0.2) is 0 Å². The van der Waals surface area contributed by atoms with E-state index < -0.39 is 11.7 Å². The van der Waals surface area contributed by atoms with Crippen LogP contribution in [0.3, 0.4) is 0 Å². The van der Waals surface area contributed by atoms with Crippen molar-refractivity contribution in [2.45, 2.75) is 6.42 Å². The van der Waals surface area contributed by atoms with E-state index in [9.17, 15) is 9.18 Å². The molecule has 2 N–H and O–H groups in total. The van der Waals surface area contributed by atoms with Crippen LogP contribution < -0.4 is 10.5 Å². The number of amides is 1. The van der Waals surface area contributed by atoms with Gasteiger partial charge in [0.2, 0.25) is 5.91 Å². The van der Waals surface area contributed by atoms with E-state index in [0.717, 1.165) is 0 Å². The van der Waals surface area contributed by atoms with Crippen LogP contribution in [0.4, 0.5) is 4.39 Å². The number of halogens is 2. The molecule has 0 aliphatic heterocycles. The lowest BCUT2D eigenvalue weighted by atomic mass is 10.1. The molecule has 0 heterocycles. The van der Waals surface area contributed by atoms with E-state index in [2.05, 4.69) is 0 Å². The molecule has 0 spiro atoms. The Labute approximate surface area is 85.6 Å². The summed E-state index contributed by atoms with van der Waals surface area (Å²) in [6, 6.07) is 2.57. The van der Waals surface area contributed by atoms with Crippen molar-refractivity contribution >= 4 is 17.5 Å². The van der Waals surface area contributed by atoms with E-state index in [1.54, 1.807) is 0 Å². The second-order valence-electron chi connectivity index (χ2n) is 2.69. The van der Waals surface area contributed by atoms with Gasteiger partial charge in [0.1, 0.15) is 11.6 Å². The number of methoxy groups -OCH3 is 1. The Morgan fingerprint density at radius 3 is 2.79 bits per heavy atom. The predicted octanol–water partition coefficient (Wildman–Crippen LogP) is 1.52. The van der Waals surface area contributed by atoms with Crippen LogP contribution in [0.15, 0.2) is 12.1 Å². The molecule has 1 aromatic carbocycles. The van der Waals surface area contributed by atoms with Crippen LogP contribution in [0.1, 0.15) is 5.56 Å². The quantitative estimate of drug-likeness (QED) is 0.835. The number of hydrogen-bond donors (Lipinski definition) is 1. The Bertz CT molecular complexity index is 368. The van der Waals surface area contributed by atoms with Gasteiger partial charge in [0.25, 0.3) is 0 Å². The van der Waals surface area contributed by atoms with Crippen LogP contribution in [0.2, 0.25) is 5.02 Å². The molecule has 0 aliphatic rings. The molecule has 5 heteroatoms. The molecule has 1 amide bonds. The monoisotopic (exact) mass is 217 g/mol. The van der Waals surface area contributed by atoms with Crippen molar-refractivity contribution in [3.8, 4) is 5.75 Å². The minimum atomic E-state index is -0.640. The third-order valence-corrected chi connectivity index (χ3v) is 2.14. The van der Waals surface area contributed by atoms with E-state index in [4.69, 9.17) is 22.1 Å². The fraction of sp³-hybridized carbons (Fsp3) is 0.222. The maximum absolute atomic E-state index is 13.2. The second-order valence-corrected chi connectivity index (χ2v) is 3.06. The molecule has 0 aliphatic carbocycles. The fourth-order valence-corrected chi connectivity index (χ4v) is 1.37. The molecular weight excluding hydrogens is 209 g/mol. The lowest BCUT2D eigenvalue weighted by molar-refractivity contribution is -0.117. The average Bonchev–Trinajstić information content (AvgIpc) is 2.12.